The molecule has 1 aliphatic rings. The number of amides is 1. The molecule has 6 heteroatoms. The first-order valence-corrected chi connectivity index (χ1v) is 8.61. The van der Waals surface area contributed by atoms with Gasteiger partial charge in [-0.15, -0.1) is 0 Å². The molecule has 1 atom stereocenters. The van der Waals surface area contributed by atoms with Gasteiger partial charge in [0.1, 0.15) is 17.3 Å². The second-order valence-corrected chi connectivity index (χ2v) is 6.59. The standard InChI is InChI=1S/C19H23FN2O3/c1-13-18(14(2)25-21-13)10-19(23)22-9-3-4-15(11-22)12-24-17-7-5-16(20)6-8-17/h5-8,15H,3-4,9-12H2,1-2H3/t15-/m0/s1. The lowest BCUT2D eigenvalue weighted by molar-refractivity contribution is -0.132. The van der Waals surface area contributed by atoms with E-state index in [1.807, 2.05) is 18.7 Å². The van der Waals surface area contributed by atoms with Gasteiger partial charge in [0.25, 0.3) is 0 Å². The molecule has 1 fully saturated rings. The Morgan fingerprint density at radius 2 is 2.12 bits per heavy atom. The molecule has 0 aliphatic carbocycles. The highest BCUT2D eigenvalue weighted by atomic mass is 19.1. The third kappa shape index (κ3) is 4.38. The molecule has 1 aromatic carbocycles. The maximum atomic E-state index is 12.9. The summed E-state index contributed by atoms with van der Waals surface area (Å²) in [6.07, 6.45) is 2.31. The van der Waals surface area contributed by atoms with Crippen LogP contribution in [0.25, 0.3) is 0 Å². The summed E-state index contributed by atoms with van der Waals surface area (Å²) in [5, 5.41) is 3.91. The van der Waals surface area contributed by atoms with Crippen LogP contribution < -0.4 is 4.74 Å². The first-order valence-electron chi connectivity index (χ1n) is 8.61. The smallest absolute Gasteiger partial charge is 0.227 e. The van der Waals surface area contributed by atoms with Crippen molar-refractivity contribution in [3.8, 4) is 5.75 Å². The molecule has 0 radical (unpaired) electrons. The summed E-state index contributed by atoms with van der Waals surface area (Å²) < 4.78 is 23.8. The van der Waals surface area contributed by atoms with E-state index in [0.717, 1.165) is 30.6 Å². The van der Waals surface area contributed by atoms with Crippen LogP contribution in [-0.2, 0) is 11.2 Å². The Morgan fingerprint density at radius 1 is 1.36 bits per heavy atom. The van der Waals surface area contributed by atoms with Gasteiger partial charge in [0.15, 0.2) is 0 Å². The number of aromatic nitrogens is 1. The van der Waals surface area contributed by atoms with Crippen molar-refractivity contribution in [2.45, 2.75) is 33.1 Å². The Bertz CT molecular complexity index is 707. The number of rotatable bonds is 5. The molecule has 1 saturated heterocycles. The molecule has 5 nitrogen and oxygen atoms in total. The lowest BCUT2D eigenvalue weighted by Gasteiger charge is -2.32. The molecule has 2 heterocycles. The maximum Gasteiger partial charge on any atom is 0.227 e. The van der Waals surface area contributed by atoms with Gasteiger partial charge in [-0.25, -0.2) is 4.39 Å². The zero-order chi connectivity index (χ0) is 17.8. The summed E-state index contributed by atoms with van der Waals surface area (Å²) in [5.41, 5.74) is 1.66. The molecule has 25 heavy (non-hydrogen) atoms. The van der Waals surface area contributed by atoms with Crippen molar-refractivity contribution in [2.24, 2.45) is 5.92 Å². The van der Waals surface area contributed by atoms with Crippen molar-refractivity contribution < 1.29 is 18.4 Å². The molecule has 0 N–H and O–H groups in total. The molecule has 134 valence electrons. The SMILES string of the molecule is Cc1noc(C)c1CC(=O)N1CCC[C@H](COc2ccc(F)cc2)C1. The predicted octanol–water partition coefficient (Wildman–Crippen LogP) is 3.29. The fourth-order valence-electron chi connectivity index (χ4n) is 3.19. The van der Waals surface area contributed by atoms with Gasteiger partial charge < -0.3 is 14.2 Å². The fraction of sp³-hybridized carbons (Fsp3) is 0.474. The summed E-state index contributed by atoms with van der Waals surface area (Å²) in [6, 6.07) is 6.02. The number of hydrogen-bond donors (Lipinski definition) is 0. The number of aryl methyl sites for hydroxylation is 2. The number of halogens is 1. The van der Waals surface area contributed by atoms with Crippen molar-refractivity contribution in [2.75, 3.05) is 19.7 Å². The quantitative estimate of drug-likeness (QED) is 0.834. The molecule has 1 amide bonds. The monoisotopic (exact) mass is 346 g/mol. The van der Waals surface area contributed by atoms with E-state index in [4.69, 9.17) is 9.26 Å². The zero-order valence-corrected chi connectivity index (χ0v) is 14.6. The van der Waals surface area contributed by atoms with E-state index in [1.54, 1.807) is 12.1 Å². The number of hydrogen-bond acceptors (Lipinski definition) is 4. The lowest BCUT2D eigenvalue weighted by atomic mass is 9.98. The van der Waals surface area contributed by atoms with Gasteiger partial charge in [-0.3, -0.25) is 4.79 Å². The van der Waals surface area contributed by atoms with Crippen LogP contribution >= 0.6 is 0 Å². The van der Waals surface area contributed by atoms with Crippen LogP contribution in [0.1, 0.15) is 29.9 Å². The third-order valence-corrected chi connectivity index (χ3v) is 4.68. The third-order valence-electron chi connectivity index (χ3n) is 4.68. The van der Waals surface area contributed by atoms with Gasteiger partial charge in [-0.2, -0.15) is 0 Å². The molecule has 3 rings (SSSR count). The van der Waals surface area contributed by atoms with E-state index in [9.17, 15) is 9.18 Å². The summed E-state index contributed by atoms with van der Waals surface area (Å²) >= 11 is 0. The second-order valence-electron chi connectivity index (χ2n) is 6.59. The maximum absolute atomic E-state index is 12.9. The van der Waals surface area contributed by atoms with E-state index in [2.05, 4.69) is 5.16 Å². The van der Waals surface area contributed by atoms with E-state index >= 15 is 0 Å². The van der Waals surface area contributed by atoms with Crippen LogP contribution in [0.3, 0.4) is 0 Å². The molecule has 0 bridgehead atoms. The number of ether oxygens (including phenoxy) is 1. The van der Waals surface area contributed by atoms with Crippen LogP contribution in [0, 0.1) is 25.6 Å². The fourth-order valence-corrected chi connectivity index (χ4v) is 3.19. The summed E-state index contributed by atoms with van der Waals surface area (Å²) in [4.78, 5) is 14.5. The first kappa shape index (κ1) is 17.5. The minimum absolute atomic E-state index is 0.0980. The van der Waals surface area contributed by atoms with E-state index in [-0.39, 0.29) is 17.6 Å². The summed E-state index contributed by atoms with van der Waals surface area (Å²) in [5.74, 6) is 1.47. The van der Waals surface area contributed by atoms with Gasteiger partial charge in [0.2, 0.25) is 5.91 Å². The number of piperidine rings is 1. The van der Waals surface area contributed by atoms with Crippen LogP contribution in [-0.4, -0.2) is 35.7 Å². The molecule has 1 aromatic heterocycles. The molecular formula is C19H23FN2O3. The highest BCUT2D eigenvalue weighted by molar-refractivity contribution is 5.79. The average molecular weight is 346 g/mol. The minimum Gasteiger partial charge on any atom is -0.493 e. The predicted molar refractivity (Wildman–Crippen MR) is 90.9 cm³/mol. The van der Waals surface area contributed by atoms with Crippen molar-refractivity contribution in [3.63, 3.8) is 0 Å². The van der Waals surface area contributed by atoms with Crippen molar-refractivity contribution >= 4 is 5.91 Å². The van der Waals surface area contributed by atoms with Crippen LogP contribution in [0.15, 0.2) is 28.8 Å². The van der Waals surface area contributed by atoms with Crippen molar-refractivity contribution in [1.29, 1.82) is 0 Å². The van der Waals surface area contributed by atoms with Gasteiger partial charge in [0.05, 0.1) is 18.7 Å². The molecule has 0 unspecified atom stereocenters. The Labute approximate surface area is 146 Å². The van der Waals surface area contributed by atoms with Crippen LogP contribution in [0.5, 0.6) is 5.75 Å². The van der Waals surface area contributed by atoms with E-state index in [0.29, 0.717) is 31.1 Å². The van der Waals surface area contributed by atoms with Crippen molar-refractivity contribution in [3.05, 3.63) is 47.1 Å². The minimum atomic E-state index is -0.277. The first-order chi connectivity index (χ1) is 12.0. The topological polar surface area (TPSA) is 55.6 Å². The Kier molecular flexibility index (Phi) is 5.36. The normalized spacial score (nSPS) is 17.6. The number of carbonyl (C=O) groups excluding carboxylic acids is 1. The summed E-state index contributed by atoms with van der Waals surface area (Å²) in [7, 11) is 0. The molecule has 0 saturated carbocycles. The molecule has 0 spiro atoms. The van der Waals surface area contributed by atoms with Crippen LogP contribution in [0.2, 0.25) is 0 Å². The van der Waals surface area contributed by atoms with Gasteiger partial charge in [-0.1, -0.05) is 5.16 Å². The van der Waals surface area contributed by atoms with Gasteiger partial charge in [-0.05, 0) is 51.0 Å². The number of nitrogens with zero attached hydrogens (tertiary/aromatic N) is 2. The zero-order valence-electron chi connectivity index (χ0n) is 14.6. The summed E-state index contributed by atoms with van der Waals surface area (Å²) in [6.45, 7) is 5.67. The average Bonchev–Trinajstić information content (AvgIpc) is 2.93. The largest absolute Gasteiger partial charge is 0.493 e. The van der Waals surface area contributed by atoms with E-state index in [1.165, 1.54) is 12.1 Å². The van der Waals surface area contributed by atoms with Crippen molar-refractivity contribution in [1.82, 2.24) is 10.1 Å². The molecule has 2 aromatic rings. The second kappa shape index (κ2) is 7.68. The highest BCUT2D eigenvalue weighted by Crippen LogP contribution is 2.21. The number of benzene rings is 1. The Hall–Kier alpha value is -2.37. The Morgan fingerprint density at radius 3 is 2.80 bits per heavy atom. The van der Waals surface area contributed by atoms with Gasteiger partial charge in [0, 0.05) is 24.6 Å². The van der Waals surface area contributed by atoms with Crippen LogP contribution in [0.4, 0.5) is 4.39 Å². The molecule has 1 aliphatic heterocycles. The molecular weight excluding hydrogens is 323 g/mol. The number of carbonyl (C=O) groups is 1. The Balaban J connectivity index is 1.53. The lowest BCUT2D eigenvalue weighted by Crippen LogP contribution is -2.42. The number of likely N-dealkylation sites (tertiary alicyclic amines) is 1. The van der Waals surface area contributed by atoms with E-state index < -0.39 is 0 Å². The van der Waals surface area contributed by atoms with Gasteiger partial charge >= 0.3 is 0 Å². The highest BCUT2D eigenvalue weighted by Gasteiger charge is 2.25.